The molecule has 21 heavy (non-hydrogen) atoms. The van der Waals surface area contributed by atoms with Crippen LogP contribution in [0.15, 0.2) is 54.7 Å². The lowest BCUT2D eigenvalue weighted by molar-refractivity contribution is 0.415. The summed E-state index contributed by atoms with van der Waals surface area (Å²) < 4.78 is 7.43. The number of ether oxygens (including phenoxy) is 1. The molecule has 1 aromatic heterocycles. The van der Waals surface area contributed by atoms with Gasteiger partial charge in [-0.1, -0.05) is 18.2 Å². The summed E-state index contributed by atoms with van der Waals surface area (Å²) in [5.41, 5.74) is 4.79. The molecule has 1 aliphatic rings. The van der Waals surface area contributed by atoms with Gasteiger partial charge in [0.25, 0.3) is 0 Å². The van der Waals surface area contributed by atoms with Gasteiger partial charge in [-0.15, -0.1) is 0 Å². The van der Waals surface area contributed by atoms with Gasteiger partial charge in [-0.3, -0.25) is 0 Å². The molecule has 0 saturated heterocycles. The van der Waals surface area contributed by atoms with E-state index in [1.165, 1.54) is 11.3 Å². The first-order valence-electron chi connectivity index (χ1n) is 7.16. The van der Waals surface area contributed by atoms with Crippen molar-refractivity contribution in [1.82, 2.24) is 9.55 Å². The van der Waals surface area contributed by atoms with Crippen LogP contribution >= 0.6 is 0 Å². The first-order chi connectivity index (χ1) is 10.3. The Labute approximate surface area is 123 Å². The van der Waals surface area contributed by atoms with Gasteiger partial charge in [0.15, 0.2) is 0 Å². The highest BCUT2D eigenvalue weighted by atomic mass is 16.5. The lowest BCUT2D eigenvalue weighted by Gasteiger charge is -2.17. The molecule has 0 fully saturated rings. The van der Waals surface area contributed by atoms with Gasteiger partial charge in [-0.25, -0.2) is 4.98 Å². The SMILES string of the molecule is COc1ccc(-c2cn3c(n2)CCc2ccccc2-3)cc1. The van der Waals surface area contributed by atoms with Crippen LogP contribution in [0.1, 0.15) is 11.4 Å². The average Bonchev–Trinajstić information content (AvgIpc) is 2.99. The molecule has 0 bridgehead atoms. The van der Waals surface area contributed by atoms with Gasteiger partial charge in [0.1, 0.15) is 11.6 Å². The number of para-hydroxylation sites is 1. The Balaban J connectivity index is 1.79. The second-order valence-electron chi connectivity index (χ2n) is 5.27. The molecular formula is C18H16N2O. The zero-order chi connectivity index (χ0) is 14.2. The summed E-state index contributed by atoms with van der Waals surface area (Å²) in [6.45, 7) is 0. The van der Waals surface area contributed by atoms with Gasteiger partial charge in [0, 0.05) is 23.9 Å². The lowest BCUT2D eigenvalue weighted by Crippen LogP contribution is -2.11. The van der Waals surface area contributed by atoms with Crippen molar-refractivity contribution in [3.63, 3.8) is 0 Å². The van der Waals surface area contributed by atoms with Crippen LogP contribution in [0, 0.1) is 0 Å². The van der Waals surface area contributed by atoms with Gasteiger partial charge in [0.05, 0.1) is 12.8 Å². The molecule has 0 saturated carbocycles. The maximum atomic E-state index is 5.21. The van der Waals surface area contributed by atoms with Crippen LogP contribution < -0.4 is 4.74 Å². The summed E-state index contributed by atoms with van der Waals surface area (Å²) in [5, 5.41) is 0. The fourth-order valence-electron chi connectivity index (χ4n) is 2.91. The molecule has 1 aliphatic heterocycles. The molecular weight excluding hydrogens is 260 g/mol. The summed E-state index contributed by atoms with van der Waals surface area (Å²) in [5.74, 6) is 2.01. The topological polar surface area (TPSA) is 27.1 Å². The number of nitrogens with zero attached hydrogens (tertiary/aromatic N) is 2. The summed E-state index contributed by atoms with van der Waals surface area (Å²) in [7, 11) is 1.68. The summed E-state index contributed by atoms with van der Waals surface area (Å²) in [6.07, 6.45) is 4.19. The first kappa shape index (κ1) is 12.2. The van der Waals surface area contributed by atoms with Crippen molar-refractivity contribution >= 4 is 0 Å². The number of fused-ring (bicyclic) bond motifs is 3. The van der Waals surface area contributed by atoms with Crippen molar-refractivity contribution in [1.29, 1.82) is 0 Å². The Morgan fingerprint density at radius 2 is 1.81 bits per heavy atom. The van der Waals surface area contributed by atoms with Crippen LogP contribution in [0.3, 0.4) is 0 Å². The van der Waals surface area contributed by atoms with Crippen LogP contribution in [0.5, 0.6) is 5.75 Å². The Morgan fingerprint density at radius 3 is 2.62 bits per heavy atom. The number of methoxy groups -OCH3 is 1. The number of benzene rings is 2. The highest BCUT2D eigenvalue weighted by molar-refractivity contribution is 5.61. The quantitative estimate of drug-likeness (QED) is 0.714. The van der Waals surface area contributed by atoms with Crippen molar-refractivity contribution < 1.29 is 4.74 Å². The average molecular weight is 276 g/mol. The summed E-state index contributed by atoms with van der Waals surface area (Å²) >= 11 is 0. The Kier molecular flexibility index (Phi) is 2.78. The smallest absolute Gasteiger partial charge is 0.118 e. The number of hydrogen-bond donors (Lipinski definition) is 0. The number of hydrogen-bond acceptors (Lipinski definition) is 2. The van der Waals surface area contributed by atoms with Crippen molar-refractivity contribution in [3.05, 3.63) is 66.1 Å². The minimum atomic E-state index is 0.869. The van der Waals surface area contributed by atoms with E-state index in [1.54, 1.807) is 7.11 Å². The van der Waals surface area contributed by atoms with E-state index in [0.717, 1.165) is 35.7 Å². The lowest BCUT2D eigenvalue weighted by atomic mass is 10.0. The Bertz CT molecular complexity index is 787. The number of imidazole rings is 1. The van der Waals surface area contributed by atoms with Crippen LogP contribution in [0.4, 0.5) is 0 Å². The largest absolute Gasteiger partial charge is 0.497 e. The fraction of sp³-hybridized carbons (Fsp3) is 0.167. The number of aryl methyl sites for hydroxylation is 2. The van der Waals surface area contributed by atoms with E-state index in [1.807, 2.05) is 12.1 Å². The predicted octanol–water partition coefficient (Wildman–Crippen LogP) is 3.65. The summed E-state index contributed by atoms with van der Waals surface area (Å²) in [4.78, 5) is 4.80. The minimum Gasteiger partial charge on any atom is -0.497 e. The highest BCUT2D eigenvalue weighted by Gasteiger charge is 2.18. The third kappa shape index (κ3) is 2.02. The molecule has 4 rings (SSSR count). The molecule has 0 spiro atoms. The van der Waals surface area contributed by atoms with Crippen molar-refractivity contribution in [3.8, 4) is 22.7 Å². The third-order valence-electron chi connectivity index (χ3n) is 4.03. The van der Waals surface area contributed by atoms with Crippen molar-refractivity contribution in [2.45, 2.75) is 12.8 Å². The second kappa shape index (κ2) is 4.77. The maximum Gasteiger partial charge on any atom is 0.118 e. The fourth-order valence-corrected chi connectivity index (χ4v) is 2.91. The zero-order valence-electron chi connectivity index (χ0n) is 11.9. The maximum absolute atomic E-state index is 5.21. The zero-order valence-corrected chi connectivity index (χ0v) is 11.9. The normalized spacial score (nSPS) is 12.6. The van der Waals surface area contributed by atoms with Gasteiger partial charge in [-0.05, 0) is 42.3 Å². The molecule has 3 heteroatoms. The molecule has 0 amide bonds. The molecule has 3 aromatic rings. The van der Waals surface area contributed by atoms with Crippen LogP contribution in [-0.2, 0) is 12.8 Å². The monoisotopic (exact) mass is 276 g/mol. The van der Waals surface area contributed by atoms with E-state index in [0.29, 0.717) is 0 Å². The van der Waals surface area contributed by atoms with Gasteiger partial charge < -0.3 is 9.30 Å². The molecule has 0 aliphatic carbocycles. The van der Waals surface area contributed by atoms with Crippen molar-refractivity contribution in [2.75, 3.05) is 7.11 Å². The number of rotatable bonds is 2. The summed E-state index contributed by atoms with van der Waals surface area (Å²) in [6, 6.07) is 16.6. The Hall–Kier alpha value is -2.55. The van der Waals surface area contributed by atoms with E-state index < -0.39 is 0 Å². The van der Waals surface area contributed by atoms with Crippen LogP contribution in [0.25, 0.3) is 16.9 Å². The van der Waals surface area contributed by atoms with E-state index in [2.05, 4.69) is 47.2 Å². The van der Waals surface area contributed by atoms with Crippen LogP contribution in [-0.4, -0.2) is 16.7 Å². The second-order valence-corrected chi connectivity index (χ2v) is 5.27. The Morgan fingerprint density at radius 1 is 1.00 bits per heavy atom. The van der Waals surface area contributed by atoms with Crippen molar-refractivity contribution in [2.24, 2.45) is 0 Å². The van der Waals surface area contributed by atoms with E-state index >= 15 is 0 Å². The minimum absolute atomic E-state index is 0.869. The predicted molar refractivity (Wildman–Crippen MR) is 83.0 cm³/mol. The van der Waals surface area contributed by atoms with E-state index in [4.69, 9.17) is 9.72 Å². The van der Waals surface area contributed by atoms with Gasteiger partial charge in [-0.2, -0.15) is 0 Å². The molecule has 104 valence electrons. The van der Waals surface area contributed by atoms with E-state index in [9.17, 15) is 0 Å². The third-order valence-corrected chi connectivity index (χ3v) is 4.03. The molecule has 0 radical (unpaired) electrons. The first-order valence-corrected chi connectivity index (χ1v) is 7.16. The molecule has 2 heterocycles. The van der Waals surface area contributed by atoms with Gasteiger partial charge in [0.2, 0.25) is 0 Å². The molecule has 2 aromatic carbocycles. The molecule has 0 N–H and O–H groups in total. The van der Waals surface area contributed by atoms with Gasteiger partial charge >= 0.3 is 0 Å². The highest BCUT2D eigenvalue weighted by Crippen LogP contribution is 2.28. The molecule has 0 atom stereocenters. The standard InChI is InChI=1S/C18H16N2O/c1-21-15-9-6-13(7-10-15)16-12-20-17-5-3-2-4-14(17)8-11-18(20)19-16/h2-7,9-10,12H,8,11H2,1H3. The van der Waals surface area contributed by atoms with E-state index in [-0.39, 0.29) is 0 Å². The molecule has 3 nitrogen and oxygen atoms in total. The van der Waals surface area contributed by atoms with Crippen LogP contribution in [0.2, 0.25) is 0 Å². The molecule has 0 unspecified atom stereocenters. The number of aromatic nitrogens is 2.